The molecule has 2 aliphatic carbocycles. The standard InChI is InChI=1S/C13H25N3O3S/c14-12(15-17)13(8-4-2-1-3-5-9-13)16-20(18,19)10-11-6-7-11/h11,16-17H,1-10H2,(H2,14,15). The normalized spacial score (nSPS) is 24.9. The number of hydrogen-bond acceptors (Lipinski definition) is 4. The second-order valence-corrected chi connectivity index (χ2v) is 7.93. The van der Waals surface area contributed by atoms with Gasteiger partial charge >= 0.3 is 0 Å². The van der Waals surface area contributed by atoms with Crippen molar-refractivity contribution < 1.29 is 13.6 Å². The van der Waals surface area contributed by atoms with Gasteiger partial charge in [0.15, 0.2) is 5.84 Å². The molecule has 0 aromatic heterocycles. The molecular formula is C13H25N3O3S. The summed E-state index contributed by atoms with van der Waals surface area (Å²) in [5.41, 5.74) is 4.93. The molecule has 4 N–H and O–H groups in total. The Morgan fingerprint density at radius 1 is 1.20 bits per heavy atom. The highest BCUT2D eigenvalue weighted by atomic mass is 32.2. The Balaban J connectivity index is 2.16. The summed E-state index contributed by atoms with van der Waals surface area (Å²) in [4.78, 5) is 0. The van der Waals surface area contributed by atoms with E-state index in [1.807, 2.05) is 0 Å². The first-order valence-electron chi connectivity index (χ1n) is 7.47. The summed E-state index contributed by atoms with van der Waals surface area (Å²) in [6.07, 6.45) is 8.25. The van der Waals surface area contributed by atoms with Crippen LogP contribution in [0.1, 0.15) is 57.8 Å². The van der Waals surface area contributed by atoms with Crippen LogP contribution in [0.25, 0.3) is 0 Å². The molecule has 6 nitrogen and oxygen atoms in total. The maximum Gasteiger partial charge on any atom is 0.212 e. The molecule has 0 unspecified atom stereocenters. The summed E-state index contributed by atoms with van der Waals surface area (Å²) in [7, 11) is -3.38. The Hall–Kier alpha value is -0.820. The number of nitrogens with zero attached hydrogens (tertiary/aromatic N) is 1. The molecule has 2 rings (SSSR count). The van der Waals surface area contributed by atoms with E-state index in [2.05, 4.69) is 9.88 Å². The topological polar surface area (TPSA) is 105 Å². The van der Waals surface area contributed by atoms with Crippen molar-refractivity contribution in [1.82, 2.24) is 4.72 Å². The van der Waals surface area contributed by atoms with E-state index in [-0.39, 0.29) is 17.5 Å². The maximum atomic E-state index is 12.3. The van der Waals surface area contributed by atoms with Crippen LogP contribution in [0.5, 0.6) is 0 Å². The molecule has 2 fully saturated rings. The number of sulfonamides is 1. The van der Waals surface area contributed by atoms with Gasteiger partial charge in [0.1, 0.15) is 0 Å². The Kier molecular flexibility index (Phi) is 4.90. The van der Waals surface area contributed by atoms with Gasteiger partial charge in [-0.25, -0.2) is 13.1 Å². The lowest BCUT2D eigenvalue weighted by Gasteiger charge is -2.34. The summed E-state index contributed by atoms with van der Waals surface area (Å²) >= 11 is 0. The van der Waals surface area contributed by atoms with E-state index < -0.39 is 15.6 Å². The highest BCUT2D eigenvalue weighted by molar-refractivity contribution is 7.89. The molecule has 2 aliphatic rings. The molecule has 0 aromatic rings. The Morgan fingerprint density at radius 2 is 1.75 bits per heavy atom. The predicted molar refractivity (Wildman–Crippen MR) is 78.1 cm³/mol. The molecule has 116 valence electrons. The summed E-state index contributed by atoms with van der Waals surface area (Å²) in [5, 5.41) is 12.1. The van der Waals surface area contributed by atoms with Crippen LogP contribution in [-0.2, 0) is 10.0 Å². The van der Waals surface area contributed by atoms with Gasteiger partial charge < -0.3 is 10.9 Å². The van der Waals surface area contributed by atoms with E-state index >= 15 is 0 Å². The van der Waals surface area contributed by atoms with E-state index in [1.54, 1.807) is 0 Å². The molecule has 0 aliphatic heterocycles. The Morgan fingerprint density at radius 3 is 2.25 bits per heavy atom. The minimum absolute atomic E-state index is 0.00114. The van der Waals surface area contributed by atoms with Gasteiger partial charge in [-0.1, -0.05) is 37.3 Å². The molecule has 0 amide bonds. The third kappa shape index (κ3) is 4.09. The maximum absolute atomic E-state index is 12.3. The van der Waals surface area contributed by atoms with Crippen LogP contribution in [0.3, 0.4) is 0 Å². The van der Waals surface area contributed by atoms with Crippen LogP contribution in [0.15, 0.2) is 5.16 Å². The van der Waals surface area contributed by atoms with Gasteiger partial charge in [0, 0.05) is 0 Å². The summed E-state index contributed by atoms with van der Waals surface area (Å²) in [6.45, 7) is 0. The van der Waals surface area contributed by atoms with E-state index in [0.29, 0.717) is 12.8 Å². The minimum atomic E-state index is -3.38. The molecule has 0 spiro atoms. The van der Waals surface area contributed by atoms with Gasteiger partial charge in [0.05, 0.1) is 11.3 Å². The number of hydrogen-bond donors (Lipinski definition) is 3. The van der Waals surface area contributed by atoms with Crippen LogP contribution in [0.4, 0.5) is 0 Å². The predicted octanol–water partition coefficient (Wildman–Crippen LogP) is 1.55. The van der Waals surface area contributed by atoms with E-state index in [1.165, 1.54) is 6.42 Å². The van der Waals surface area contributed by atoms with Crippen molar-refractivity contribution >= 4 is 15.9 Å². The molecule has 0 bridgehead atoms. The smallest absolute Gasteiger partial charge is 0.212 e. The van der Waals surface area contributed by atoms with Crippen molar-refractivity contribution in [2.24, 2.45) is 16.8 Å². The molecule has 0 saturated heterocycles. The highest BCUT2D eigenvalue weighted by Crippen LogP contribution is 2.32. The quantitative estimate of drug-likeness (QED) is 0.310. The summed E-state index contributed by atoms with van der Waals surface area (Å²) in [5.74, 6) is 0.442. The second-order valence-electron chi connectivity index (χ2n) is 6.16. The van der Waals surface area contributed by atoms with Crippen LogP contribution in [-0.4, -0.2) is 30.8 Å². The van der Waals surface area contributed by atoms with Crippen molar-refractivity contribution in [2.75, 3.05) is 5.75 Å². The fourth-order valence-corrected chi connectivity index (χ4v) is 4.89. The van der Waals surface area contributed by atoms with Crippen LogP contribution in [0.2, 0.25) is 0 Å². The van der Waals surface area contributed by atoms with Gasteiger partial charge in [0.25, 0.3) is 0 Å². The van der Waals surface area contributed by atoms with Crippen molar-refractivity contribution in [3.05, 3.63) is 0 Å². The van der Waals surface area contributed by atoms with Gasteiger partial charge in [-0.05, 0) is 31.6 Å². The van der Waals surface area contributed by atoms with Crippen molar-refractivity contribution in [2.45, 2.75) is 63.3 Å². The SMILES string of the molecule is NC(=NO)C1(NS(=O)(=O)CC2CC2)CCCCCCC1. The molecular weight excluding hydrogens is 278 g/mol. The lowest BCUT2D eigenvalue weighted by atomic mass is 9.84. The van der Waals surface area contributed by atoms with Crippen molar-refractivity contribution in [1.29, 1.82) is 0 Å². The fraction of sp³-hybridized carbons (Fsp3) is 0.923. The average Bonchev–Trinajstić information content (AvgIpc) is 3.14. The third-order valence-electron chi connectivity index (χ3n) is 4.31. The fourth-order valence-electron chi connectivity index (χ4n) is 2.95. The average molecular weight is 303 g/mol. The Labute approximate surface area is 120 Å². The lowest BCUT2D eigenvalue weighted by molar-refractivity contribution is 0.299. The van der Waals surface area contributed by atoms with Crippen molar-refractivity contribution in [3.8, 4) is 0 Å². The zero-order valence-corrected chi connectivity index (χ0v) is 12.7. The van der Waals surface area contributed by atoms with Gasteiger partial charge in [-0.2, -0.15) is 0 Å². The zero-order chi connectivity index (χ0) is 14.6. The monoisotopic (exact) mass is 303 g/mol. The molecule has 20 heavy (non-hydrogen) atoms. The lowest BCUT2D eigenvalue weighted by Crippen LogP contribution is -2.58. The zero-order valence-electron chi connectivity index (χ0n) is 11.8. The number of amidine groups is 1. The summed E-state index contributed by atoms with van der Waals surface area (Å²) < 4.78 is 27.3. The van der Waals surface area contributed by atoms with Gasteiger partial charge in [0.2, 0.25) is 10.0 Å². The molecule has 7 heteroatoms. The second kappa shape index (κ2) is 6.30. The molecule has 0 heterocycles. The minimum Gasteiger partial charge on any atom is -0.409 e. The van der Waals surface area contributed by atoms with E-state index in [9.17, 15) is 8.42 Å². The number of nitrogens with one attached hydrogen (secondary N) is 1. The number of nitrogens with two attached hydrogens (primary N) is 1. The Bertz CT molecular complexity index is 449. The molecule has 2 saturated carbocycles. The highest BCUT2D eigenvalue weighted by Gasteiger charge is 2.40. The summed E-state index contributed by atoms with van der Waals surface area (Å²) in [6, 6.07) is 0. The van der Waals surface area contributed by atoms with Crippen LogP contribution in [0, 0.1) is 5.92 Å². The van der Waals surface area contributed by atoms with E-state index in [4.69, 9.17) is 10.9 Å². The molecule has 0 radical (unpaired) electrons. The molecule has 0 aromatic carbocycles. The first kappa shape index (κ1) is 15.6. The third-order valence-corrected chi connectivity index (χ3v) is 5.92. The largest absolute Gasteiger partial charge is 0.409 e. The van der Waals surface area contributed by atoms with Crippen LogP contribution < -0.4 is 10.5 Å². The first-order valence-corrected chi connectivity index (χ1v) is 9.12. The number of rotatable bonds is 5. The molecule has 0 atom stereocenters. The first-order chi connectivity index (χ1) is 9.47. The number of oxime groups is 1. The van der Waals surface area contributed by atoms with Gasteiger partial charge in [-0.3, -0.25) is 0 Å². The van der Waals surface area contributed by atoms with Crippen molar-refractivity contribution in [3.63, 3.8) is 0 Å². The van der Waals surface area contributed by atoms with Gasteiger partial charge in [-0.15, -0.1) is 0 Å². The van der Waals surface area contributed by atoms with E-state index in [0.717, 1.165) is 38.5 Å². The van der Waals surface area contributed by atoms with Crippen LogP contribution >= 0.6 is 0 Å².